The van der Waals surface area contributed by atoms with E-state index < -0.39 is 12.0 Å². The normalized spacial score (nSPS) is 16.5. The fraction of sp³-hybridized carbons (Fsp3) is 0.571. The van der Waals surface area contributed by atoms with Crippen molar-refractivity contribution in [1.82, 2.24) is 10.2 Å². The molecule has 1 saturated heterocycles. The number of piperazine rings is 1. The highest BCUT2D eigenvalue weighted by atomic mass is 79.9. The third kappa shape index (κ3) is 6.73. The van der Waals surface area contributed by atoms with Gasteiger partial charge in [-0.2, -0.15) is 0 Å². The van der Waals surface area contributed by atoms with Crippen LogP contribution in [0.3, 0.4) is 0 Å². The number of unbranched alkanes of at least 4 members (excludes halogenated alkanes) is 1. The number of hydrogen-bond donors (Lipinski definition) is 1. The number of carbonyl (C=O) groups excluding carboxylic acids is 3. The standard InChI is InChI=1S/C21H29BrN2O5/c1-4-5-10-28-20(26)12-17-21(27)23-8-9-24(17)19(25)13-29-18-7-6-15(22)11-16(18)14(2)3/h6-7,11,14,17H,4-5,8-10,12-13H2,1-3H3,(H,23,27). The van der Waals surface area contributed by atoms with Crippen molar-refractivity contribution in [3.63, 3.8) is 0 Å². The first-order valence-electron chi connectivity index (χ1n) is 9.98. The molecule has 7 nitrogen and oxygen atoms in total. The van der Waals surface area contributed by atoms with E-state index in [0.29, 0.717) is 25.4 Å². The highest BCUT2D eigenvalue weighted by Gasteiger charge is 2.35. The van der Waals surface area contributed by atoms with Crippen LogP contribution < -0.4 is 10.1 Å². The van der Waals surface area contributed by atoms with E-state index in [1.165, 1.54) is 4.90 Å². The van der Waals surface area contributed by atoms with Crippen LogP contribution in [0.1, 0.15) is 51.5 Å². The van der Waals surface area contributed by atoms with Crippen LogP contribution in [-0.2, 0) is 19.1 Å². The van der Waals surface area contributed by atoms with Gasteiger partial charge in [0, 0.05) is 17.6 Å². The third-order valence-corrected chi connectivity index (χ3v) is 5.21. The van der Waals surface area contributed by atoms with E-state index in [0.717, 1.165) is 22.9 Å². The average molecular weight is 469 g/mol. The van der Waals surface area contributed by atoms with Crippen molar-refractivity contribution in [2.75, 3.05) is 26.3 Å². The monoisotopic (exact) mass is 468 g/mol. The molecule has 1 atom stereocenters. The van der Waals surface area contributed by atoms with Gasteiger partial charge in [0.25, 0.3) is 5.91 Å². The summed E-state index contributed by atoms with van der Waals surface area (Å²) in [5.41, 5.74) is 0.986. The number of rotatable bonds is 9. The number of amides is 2. The molecule has 1 heterocycles. The van der Waals surface area contributed by atoms with E-state index in [1.807, 2.05) is 39.0 Å². The lowest BCUT2D eigenvalue weighted by Gasteiger charge is -2.34. The van der Waals surface area contributed by atoms with Gasteiger partial charge in [0.2, 0.25) is 5.91 Å². The highest BCUT2D eigenvalue weighted by molar-refractivity contribution is 9.10. The predicted molar refractivity (Wildman–Crippen MR) is 113 cm³/mol. The molecule has 1 N–H and O–H groups in total. The Bertz CT molecular complexity index is 738. The number of esters is 1. The number of carbonyl (C=O) groups is 3. The third-order valence-electron chi connectivity index (χ3n) is 4.72. The van der Waals surface area contributed by atoms with Gasteiger partial charge in [-0.1, -0.05) is 43.1 Å². The summed E-state index contributed by atoms with van der Waals surface area (Å²) in [6.07, 6.45) is 1.52. The minimum absolute atomic E-state index is 0.156. The van der Waals surface area contributed by atoms with E-state index in [2.05, 4.69) is 21.2 Å². The Morgan fingerprint density at radius 2 is 2.10 bits per heavy atom. The van der Waals surface area contributed by atoms with Gasteiger partial charge < -0.3 is 19.7 Å². The van der Waals surface area contributed by atoms with Crippen LogP contribution in [0, 0.1) is 0 Å². The minimum atomic E-state index is -0.872. The van der Waals surface area contributed by atoms with Gasteiger partial charge in [-0.3, -0.25) is 14.4 Å². The molecule has 0 bridgehead atoms. The molecule has 0 aromatic heterocycles. The lowest BCUT2D eigenvalue weighted by molar-refractivity contribution is -0.152. The fourth-order valence-corrected chi connectivity index (χ4v) is 3.47. The summed E-state index contributed by atoms with van der Waals surface area (Å²) < 4.78 is 11.9. The van der Waals surface area contributed by atoms with Crippen molar-refractivity contribution in [3.05, 3.63) is 28.2 Å². The summed E-state index contributed by atoms with van der Waals surface area (Å²) in [6, 6.07) is 4.77. The maximum Gasteiger partial charge on any atom is 0.308 e. The van der Waals surface area contributed by atoms with Crippen molar-refractivity contribution < 1.29 is 23.9 Å². The average Bonchev–Trinajstić information content (AvgIpc) is 2.68. The second-order valence-corrected chi connectivity index (χ2v) is 8.21. The molecule has 0 spiro atoms. The van der Waals surface area contributed by atoms with Crippen LogP contribution in [-0.4, -0.2) is 55.0 Å². The Kier molecular flexibility index (Phi) is 8.95. The lowest BCUT2D eigenvalue weighted by Crippen LogP contribution is -2.58. The summed E-state index contributed by atoms with van der Waals surface area (Å²) in [4.78, 5) is 38.5. The summed E-state index contributed by atoms with van der Waals surface area (Å²) >= 11 is 3.45. The van der Waals surface area contributed by atoms with Crippen LogP contribution >= 0.6 is 15.9 Å². The number of ether oxygens (including phenoxy) is 2. The molecule has 0 aliphatic carbocycles. The number of nitrogens with zero attached hydrogens (tertiary/aromatic N) is 1. The van der Waals surface area contributed by atoms with E-state index >= 15 is 0 Å². The summed E-state index contributed by atoms with van der Waals surface area (Å²) in [6.45, 7) is 6.90. The molecule has 1 aromatic carbocycles. The quantitative estimate of drug-likeness (QED) is 0.444. The molecule has 1 unspecified atom stereocenters. The molecule has 1 aromatic rings. The van der Waals surface area contributed by atoms with Crippen molar-refractivity contribution >= 4 is 33.7 Å². The zero-order valence-corrected chi connectivity index (χ0v) is 18.8. The van der Waals surface area contributed by atoms with Gasteiger partial charge in [0.1, 0.15) is 11.8 Å². The van der Waals surface area contributed by atoms with Crippen LogP contribution in [0.2, 0.25) is 0 Å². The van der Waals surface area contributed by atoms with Crippen molar-refractivity contribution in [2.45, 2.75) is 52.0 Å². The fourth-order valence-electron chi connectivity index (χ4n) is 3.09. The van der Waals surface area contributed by atoms with E-state index in [-0.39, 0.29) is 30.8 Å². The number of benzene rings is 1. The van der Waals surface area contributed by atoms with E-state index in [9.17, 15) is 14.4 Å². The van der Waals surface area contributed by atoms with Gasteiger partial charge >= 0.3 is 5.97 Å². The number of nitrogens with one attached hydrogen (secondary N) is 1. The molecule has 160 valence electrons. The van der Waals surface area contributed by atoms with E-state index in [4.69, 9.17) is 9.47 Å². The second-order valence-electron chi connectivity index (χ2n) is 7.30. The predicted octanol–water partition coefficient (Wildman–Crippen LogP) is 3.01. The lowest BCUT2D eigenvalue weighted by atomic mass is 10.0. The van der Waals surface area contributed by atoms with Crippen LogP contribution in [0.5, 0.6) is 5.75 Å². The Labute approximate surface area is 180 Å². The molecule has 2 rings (SSSR count). The number of hydrogen-bond acceptors (Lipinski definition) is 5. The minimum Gasteiger partial charge on any atom is -0.483 e. The smallest absolute Gasteiger partial charge is 0.308 e. The molecule has 0 radical (unpaired) electrons. The van der Waals surface area contributed by atoms with Crippen LogP contribution in [0.4, 0.5) is 0 Å². The molecular weight excluding hydrogens is 440 g/mol. The Hall–Kier alpha value is -2.09. The zero-order chi connectivity index (χ0) is 21.4. The van der Waals surface area contributed by atoms with Crippen molar-refractivity contribution in [2.24, 2.45) is 0 Å². The molecule has 8 heteroatoms. The molecule has 0 saturated carbocycles. The van der Waals surface area contributed by atoms with Gasteiger partial charge in [0.15, 0.2) is 6.61 Å². The first kappa shape index (κ1) is 23.2. The molecule has 1 aliphatic rings. The summed E-state index contributed by atoms with van der Waals surface area (Å²) in [5.74, 6) is -0.292. The Morgan fingerprint density at radius 3 is 2.79 bits per heavy atom. The first-order valence-corrected chi connectivity index (χ1v) is 10.8. The maximum absolute atomic E-state index is 12.8. The van der Waals surface area contributed by atoms with Crippen molar-refractivity contribution in [3.8, 4) is 5.75 Å². The largest absolute Gasteiger partial charge is 0.483 e. The van der Waals surface area contributed by atoms with Crippen LogP contribution in [0.15, 0.2) is 22.7 Å². The molecule has 1 aliphatic heterocycles. The molecule has 2 amide bonds. The van der Waals surface area contributed by atoms with Gasteiger partial charge in [-0.15, -0.1) is 0 Å². The topological polar surface area (TPSA) is 84.9 Å². The van der Waals surface area contributed by atoms with Gasteiger partial charge in [0.05, 0.1) is 13.0 Å². The van der Waals surface area contributed by atoms with Gasteiger partial charge in [-0.05, 0) is 36.1 Å². The molecule has 1 fully saturated rings. The second kappa shape index (κ2) is 11.2. The first-order chi connectivity index (χ1) is 13.8. The Morgan fingerprint density at radius 1 is 1.34 bits per heavy atom. The van der Waals surface area contributed by atoms with Gasteiger partial charge in [-0.25, -0.2) is 0 Å². The summed E-state index contributed by atoms with van der Waals surface area (Å²) in [7, 11) is 0. The van der Waals surface area contributed by atoms with Crippen molar-refractivity contribution in [1.29, 1.82) is 0 Å². The van der Waals surface area contributed by atoms with Crippen LogP contribution in [0.25, 0.3) is 0 Å². The molecular formula is C21H29BrN2O5. The molecule has 29 heavy (non-hydrogen) atoms. The summed E-state index contributed by atoms with van der Waals surface area (Å²) in [5, 5.41) is 2.71. The number of halogens is 1. The van der Waals surface area contributed by atoms with E-state index in [1.54, 1.807) is 0 Å². The highest BCUT2D eigenvalue weighted by Crippen LogP contribution is 2.29. The zero-order valence-electron chi connectivity index (χ0n) is 17.2. The Balaban J connectivity index is 2.02. The maximum atomic E-state index is 12.8. The SMILES string of the molecule is CCCCOC(=O)CC1C(=O)NCCN1C(=O)COc1ccc(Br)cc1C(C)C.